The molecule has 2 aromatic carbocycles. The summed E-state index contributed by atoms with van der Waals surface area (Å²) in [5, 5.41) is 0. The van der Waals surface area contributed by atoms with Crippen LogP contribution in [0.5, 0.6) is 0 Å². The standard InChI is InChI=1S/C24H32N2O2/c1-4-24(25(3)5-2,19-20-9-7-6-8-10-20)23(27)21-11-13-22(14-12-21)26-15-17-28-18-16-26/h6-14H,4-5,15-19H2,1-3H3. The Balaban J connectivity index is 1.87. The van der Waals surface area contributed by atoms with Crippen molar-refractivity contribution in [1.82, 2.24) is 4.90 Å². The third kappa shape index (κ3) is 4.29. The molecule has 0 amide bonds. The molecule has 4 heteroatoms. The van der Waals surface area contributed by atoms with Crippen molar-refractivity contribution in [3.8, 4) is 0 Å². The predicted octanol–water partition coefficient (Wildman–Crippen LogP) is 4.05. The van der Waals surface area contributed by atoms with Crippen LogP contribution in [0.2, 0.25) is 0 Å². The quantitative estimate of drug-likeness (QED) is 0.647. The summed E-state index contributed by atoms with van der Waals surface area (Å²) in [4.78, 5) is 18.2. The molecule has 0 spiro atoms. The van der Waals surface area contributed by atoms with Gasteiger partial charge in [-0.25, -0.2) is 0 Å². The Hall–Kier alpha value is -2.17. The monoisotopic (exact) mass is 380 g/mol. The minimum absolute atomic E-state index is 0.205. The van der Waals surface area contributed by atoms with Crippen molar-refractivity contribution in [2.45, 2.75) is 32.2 Å². The molecular weight excluding hydrogens is 348 g/mol. The molecule has 1 aliphatic heterocycles. The van der Waals surface area contributed by atoms with Crippen LogP contribution in [-0.2, 0) is 11.2 Å². The van der Waals surface area contributed by atoms with Crippen LogP contribution in [-0.4, -0.2) is 56.1 Å². The van der Waals surface area contributed by atoms with Crippen LogP contribution in [0.3, 0.4) is 0 Å². The second kappa shape index (κ2) is 9.35. The number of anilines is 1. The van der Waals surface area contributed by atoms with Crippen LogP contribution < -0.4 is 4.90 Å². The first-order chi connectivity index (χ1) is 13.6. The van der Waals surface area contributed by atoms with Gasteiger partial charge in [0.25, 0.3) is 0 Å². The molecule has 1 saturated heterocycles. The molecule has 0 aromatic heterocycles. The van der Waals surface area contributed by atoms with Crippen LogP contribution in [0, 0.1) is 0 Å². The molecule has 0 saturated carbocycles. The fourth-order valence-electron chi connectivity index (χ4n) is 4.09. The number of ether oxygens (including phenoxy) is 1. The molecule has 0 bridgehead atoms. The number of hydrogen-bond donors (Lipinski definition) is 0. The van der Waals surface area contributed by atoms with E-state index in [1.807, 2.05) is 30.3 Å². The molecular formula is C24H32N2O2. The summed E-state index contributed by atoms with van der Waals surface area (Å²) in [5.74, 6) is 0.205. The van der Waals surface area contributed by atoms with Gasteiger partial charge in [0.1, 0.15) is 0 Å². The summed E-state index contributed by atoms with van der Waals surface area (Å²) < 4.78 is 5.44. The molecule has 1 heterocycles. The predicted molar refractivity (Wildman–Crippen MR) is 115 cm³/mol. The molecule has 3 rings (SSSR count). The summed E-state index contributed by atoms with van der Waals surface area (Å²) >= 11 is 0. The number of hydrogen-bond acceptors (Lipinski definition) is 4. The van der Waals surface area contributed by atoms with E-state index in [-0.39, 0.29) is 5.78 Å². The van der Waals surface area contributed by atoms with E-state index in [4.69, 9.17) is 4.74 Å². The Morgan fingerprint density at radius 2 is 1.68 bits per heavy atom. The van der Waals surface area contributed by atoms with Crippen LogP contribution >= 0.6 is 0 Å². The number of nitrogens with zero attached hydrogens (tertiary/aromatic N) is 2. The van der Waals surface area contributed by atoms with Crippen molar-refractivity contribution in [2.75, 3.05) is 44.8 Å². The van der Waals surface area contributed by atoms with Crippen molar-refractivity contribution < 1.29 is 9.53 Å². The Labute approximate surface area is 169 Å². The molecule has 1 fully saturated rings. The Morgan fingerprint density at radius 3 is 2.25 bits per heavy atom. The molecule has 1 unspecified atom stereocenters. The van der Waals surface area contributed by atoms with E-state index < -0.39 is 5.54 Å². The zero-order valence-corrected chi connectivity index (χ0v) is 17.4. The van der Waals surface area contributed by atoms with E-state index in [2.05, 4.69) is 55.0 Å². The van der Waals surface area contributed by atoms with Gasteiger partial charge >= 0.3 is 0 Å². The van der Waals surface area contributed by atoms with Gasteiger partial charge in [0, 0.05) is 24.3 Å². The second-order valence-corrected chi connectivity index (χ2v) is 7.54. The van der Waals surface area contributed by atoms with Gasteiger partial charge in [-0.3, -0.25) is 9.69 Å². The third-order valence-corrected chi connectivity index (χ3v) is 6.06. The zero-order chi connectivity index (χ0) is 20.0. The van der Waals surface area contributed by atoms with E-state index in [1.54, 1.807) is 0 Å². The lowest BCUT2D eigenvalue weighted by atomic mass is 9.80. The average Bonchev–Trinajstić information content (AvgIpc) is 2.78. The Morgan fingerprint density at radius 1 is 1.04 bits per heavy atom. The fraction of sp³-hybridized carbons (Fsp3) is 0.458. The highest BCUT2D eigenvalue weighted by molar-refractivity contribution is 6.03. The maximum atomic E-state index is 13.7. The molecule has 4 nitrogen and oxygen atoms in total. The molecule has 0 aliphatic carbocycles. The lowest BCUT2D eigenvalue weighted by Gasteiger charge is -2.40. The number of likely N-dealkylation sites (N-methyl/N-ethyl adjacent to an activating group) is 1. The highest BCUT2D eigenvalue weighted by atomic mass is 16.5. The second-order valence-electron chi connectivity index (χ2n) is 7.54. The summed E-state index contributed by atoms with van der Waals surface area (Å²) in [6.45, 7) is 8.39. The Kier molecular flexibility index (Phi) is 6.87. The number of carbonyl (C=O) groups is 1. The smallest absolute Gasteiger partial charge is 0.183 e. The molecule has 1 atom stereocenters. The van der Waals surface area contributed by atoms with Crippen molar-refractivity contribution in [3.05, 3.63) is 65.7 Å². The van der Waals surface area contributed by atoms with Crippen LogP contribution in [0.1, 0.15) is 36.2 Å². The number of benzene rings is 2. The zero-order valence-electron chi connectivity index (χ0n) is 17.4. The van der Waals surface area contributed by atoms with E-state index in [0.717, 1.165) is 56.9 Å². The van der Waals surface area contributed by atoms with E-state index in [9.17, 15) is 4.79 Å². The topological polar surface area (TPSA) is 32.8 Å². The van der Waals surface area contributed by atoms with Gasteiger partial charge in [0.15, 0.2) is 5.78 Å². The summed E-state index contributed by atoms with van der Waals surface area (Å²) in [5.41, 5.74) is 2.61. The van der Waals surface area contributed by atoms with Gasteiger partial charge in [0.05, 0.1) is 18.8 Å². The number of rotatable bonds is 8. The molecule has 0 N–H and O–H groups in total. The van der Waals surface area contributed by atoms with Crippen molar-refractivity contribution >= 4 is 11.5 Å². The Bertz CT molecular complexity index is 754. The third-order valence-electron chi connectivity index (χ3n) is 6.06. The maximum Gasteiger partial charge on any atom is 0.183 e. The maximum absolute atomic E-state index is 13.7. The first-order valence-corrected chi connectivity index (χ1v) is 10.3. The van der Waals surface area contributed by atoms with Crippen molar-refractivity contribution in [1.29, 1.82) is 0 Å². The van der Waals surface area contributed by atoms with Crippen LogP contribution in [0.25, 0.3) is 0 Å². The molecule has 28 heavy (non-hydrogen) atoms. The van der Waals surface area contributed by atoms with Crippen molar-refractivity contribution in [3.63, 3.8) is 0 Å². The SMILES string of the molecule is CCN(C)C(CC)(Cc1ccccc1)C(=O)c1ccc(N2CCOCC2)cc1. The van der Waals surface area contributed by atoms with Gasteiger partial charge in [-0.05, 0) is 56.3 Å². The van der Waals surface area contributed by atoms with Crippen LogP contribution in [0.15, 0.2) is 54.6 Å². The van der Waals surface area contributed by atoms with Crippen molar-refractivity contribution in [2.24, 2.45) is 0 Å². The number of morpholine rings is 1. The first-order valence-electron chi connectivity index (χ1n) is 10.3. The lowest BCUT2D eigenvalue weighted by Crippen LogP contribution is -2.54. The van der Waals surface area contributed by atoms with Gasteiger partial charge < -0.3 is 9.64 Å². The lowest BCUT2D eigenvalue weighted by molar-refractivity contribution is 0.0615. The highest BCUT2D eigenvalue weighted by Gasteiger charge is 2.40. The van der Waals surface area contributed by atoms with Gasteiger partial charge in [-0.2, -0.15) is 0 Å². The van der Waals surface area contributed by atoms with E-state index in [0.29, 0.717) is 0 Å². The summed E-state index contributed by atoms with van der Waals surface area (Å²) in [7, 11) is 2.06. The van der Waals surface area contributed by atoms with Gasteiger partial charge in [0.2, 0.25) is 0 Å². The van der Waals surface area contributed by atoms with Crippen LogP contribution in [0.4, 0.5) is 5.69 Å². The molecule has 1 aliphatic rings. The highest BCUT2D eigenvalue weighted by Crippen LogP contribution is 2.29. The minimum Gasteiger partial charge on any atom is -0.378 e. The number of carbonyl (C=O) groups excluding carboxylic acids is 1. The number of ketones is 1. The molecule has 2 aromatic rings. The molecule has 0 radical (unpaired) electrons. The minimum atomic E-state index is -0.531. The fourth-order valence-corrected chi connectivity index (χ4v) is 4.09. The average molecular weight is 381 g/mol. The van der Waals surface area contributed by atoms with E-state index in [1.165, 1.54) is 5.56 Å². The van der Waals surface area contributed by atoms with Gasteiger partial charge in [-0.15, -0.1) is 0 Å². The number of Topliss-reactive ketones (excluding diaryl/α,β-unsaturated/α-hetero) is 1. The normalized spacial score (nSPS) is 16.8. The first kappa shape index (κ1) is 20.6. The van der Waals surface area contributed by atoms with E-state index >= 15 is 0 Å². The molecule has 150 valence electrons. The van der Waals surface area contributed by atoms with Gasteiger partial charge in [-0.1, -0.05) is 44.2 Å². The largest absolute Gasteiger partial charge is 0.378 e. The summed E-state index contributed by atoms with van der Waals surface area (Å²) in [6, 6.07) is 18.5. The summed E-state index contributed by atoms with van der Waals surface area (Å²) in [6.07, 6.45) is 1.50.